The van der Waals surface area contributed by atoms with E-state index in [0.29, 0.717) is 14.3 Å². The molecule has 3 heteroatoms. The Bertz CT molecular complexity index is 853. The average Bonchev–Trinajstić information content (AvgIpc) is 2.65. The van der Waals surface area contributed by atoms with Crippen LogP contribution in [0.3, 0.4) is 0 Å². The smallest absolute Gasteiger partial charge is 0.122 e. The van der Waals surface area contributed by atoms with Gasteiger partial charge < -0.3 is 10.4 Å². The lowest BCUT2D eigenvalue weighted by atomic mass is 9.82. The maximum Gasteiger partial charge on any atom is 0.122 e. The molecule has 2 N–H and O–H groups in total. The number of unbranched alkanes of at least 4 members (excludes halogenated alkanes) is 2. The molecule has 166 valence electrons. The van der Waals surface area contributed by atoms with Gasteiger partial charge in [0, 0.05) is 17.3 Å². The Hall–Kier alpha value is -1.37. The van der Waals surface area contributed by atoms with Gasteiger partial charge in [0.25, 0.3) is 0 Å². The van der Waals surface area contributed by atoms with Gasteiger partial charge in [-0.25, -0.2) is 0 Å². The Morgan fingerprint density at radius 2 is 1.70 bits per heavy atom. The van der Waals surface area contributed by atoms with Crippen LogP contribution in [0.4, 0.5) is 0 Å². The fourth-order valence-corrected chi connectivity index (χ4v) is 5.81. The van der Waals surface area contributed by atoms with E-state index in [1.165, 1.54) is 41.3 Å². The van der Waals surface area contributed by atoms with Gasteiger partial charge in [0.2, 0.25) is 0 Å². The summed E-state index contributed by atoms with van der Waals surface area (Å²) in [6.07, 6.45) is 4.72. The molecule has 0 saturated heterocycles. The zero-order chi connectivity index (χ0) is 22.5. The second kappa shape index (κ2) is 10.3. The first-order valence-electron chi connectivity index (χ1n) is 11.4. The largest absolute Gasteiger partial charge is 0.507 e. The fraction of sp³-hybridized carbons (Fsp3) is 0.556. The number of aromatic hydroxyl groups is 1. The van der Waals surface area contributed by atoms with Crippen LogP contribution in [0.5, 0.6) is 5.75 Å². The maximum absolute atomic E-state index is 11.2. The minimum absolute atomic E-state index is 0.0573. The number of hydrogen-bond acceptors (Lipinski definition) is 2. The van der Waals surface area contributed by atoms with Crippen molar-refractivity contribution in [3.63, 3.8) is 0 Å². The Kier molecular flexibility index (Phi) is 8.54. The van der Waals surface area contributed by atoms with Crippen molar-refractivity contribution in [2.45, 2.75) is 91.3 Å². The first-order valence-corrected chi connectivity index (χ1v) is 12.4. The molecule has 2 unspecified atom stereocenters. The van der Waals surface area contributed by atoms with E-state index in [-0.39, 0.29) is 10.6 Å². The molecule has 0 bridgehead atoms. The van der Waals surface area contributed by atoms with Crippen LogP contribution >= 0.6 is 8.58 Å². The molecule has 0 heterocycles. The van der Waals surface area contributed by atoms with Gasteiger partial charge in [0.1, 0.15) is 5.75 Å². The number of aryl methyl sites for hydroxylation is 2. The van der Waals surface area contributed by atoms with Gasteiger partial charge in [0.05, 0.1) is 0 Å². The van der Waals surface area contributed by atoms with Crippen LogP contribution in [0.25, 0.3) is 0 Å². The summed E-state index contributed by atoms with van der Waals surface area (Å²) in [4.78, 5) is 0. The second-order valence-corrected chi connectivity index (χ2v) is 11.9. The Morgan fingerprint density at radius 3 is 2.30 bits per heavy atom. The van der Waals surface area contributed by atoms with Gasteiger partial charge in [-0.05, 0) is 54.7 Å². The minimum Gasteiger partial charge on any atom is -0.507 e. The third kappa shape index (κ3) is 6.08. The number of phenolic OH excluding ortho intramolecular Hbond substituents is 1. The van der Waals surface area contributed by atoms with E-state index in [2.05, 4.69) is 77.2 Å². The molecule has 0 aromatic heterocycles. The summed E-state index contributed by atoms with van der Waals surface area (Å²) in [5.74, 6) is 0.483. The van der Waals surface area contributed by atoms with Gasteiger partial charge in [-0.2, -0.15) is 0 Å². The highest BCUT2D eigenvalue weighted by Crippen LogP contribution is 2.50. The van der Waals surface area contributed by atoms with Crippen LogP contribution in [0.15, 0.2) is 30.3 Å². The van der Waals surface area contributed by atoms with Crippen molar-refractivity contribution in [1.29, 1.82) is 0 Å². The van der Waals surface area contributed by atoms with Crippen molar-refractivity contribution in [2.75, 3.05) is 7.05 Å². The Morgan fingerprint density at radius 1 is 1.00 bits per heavy atom. The van der Waals surface area contributed by atoms with Gasteiger partial charge in [-0.15, -0.1) is 0 Å². The van der Waals surface area contributed by atoms with E-state index in [0.717, 1.165) is 24.1 Å². The third-order valence-electron chi connectivity index (χ3n) is 6.08. The predicted molar refractivity (Wildman–Crippen MR) is 135 cm³/mol. The summed E-state index contributed by atoms with van der Waals surface area (Å²) < 4.78 is 0. The first kappa shape index (κ1) is 24.9. The monoisotopic (exact) mass is 427 g/mol. The molecule has 0 fully saturated rings. The molecule has 0 amide bonds. The number of hydrogen-bond donors (Lipinski definition) is 2. The van der Waals surface area contributed by atoms with Crippen LogP contribution in [-0.4, -0.2) is 12.2 Å². The average molecular weight is 428 g/mol. The predicted octanol–water partition coefficient (Wildman–Crippen LogP) is 6.83. The van der Waals surface area contributed by atoms with Crippen molar-refractivity contribution < 1.29 is 5.11 Å². The highest BCUT2D eigenvalue weighted by Gasteiger charge is 2.32. The molecular weight excluding hydrogens is 385 g/mol. The third-order valence-corrected chi connectivity index (χ3v) is 7.91. The fourth-order valence-electron chi connectivity index (χ4n) is 4.10. The van der Waals surface area contributed by atoms with E-state index in [1.54, 1.807) is 0 Å². The van der Waals surface area contributed by atoms with Crippen LogP contribution in [0.1, 0.15) is 88.1 Å². The molecular formula is C27H42NOP. The lowest BCUT2D eigenvalue weighted by Gasteiger charge is -2.34. The summed E-state index contributed by atoms with van der Waals surface area (Å²) in [6.45, 7) is 16.5. The summed E-state index contributed by atoms with van der Waals surface area (Å²) in [6, 6.07) is 11.3. The summed E-state index contributed by atoms with van der Waals surface area (Å²) in [5, 5.41) is 15.8. The Labute approximate surface area is 186 Å². The summed E-state index contributed by atoms with van der Waals surface area (Å²) >= 11 is 0. The van der Waals surface area contributed by atoms with E-state index in [4.69, 9.17) is 0 Å². The van der Waals surface area contributed by atoms with E-state index < -0.39 is 0 Å². The molecule has 2 nitrogen and oxygen atoms in total. The topological polar surface area (TPSA) is 32.3 Å². The Balaban J connectivity index is 2.59. The molecule has 30 heavy (non-hydrogen) atoms. The van der Waals surface area contributed by atoms with Gasteiger partial charge >= 0.3 is 0 Å². The molecule has 0 aliphatic heterocycles. The van der Waals surface area contributed by atoms with E-state index in [1.807, 2.05) is 14.0 Å². The maximum atomic E-state index is 11.2. The lowest BCUT2D eigenvalue weighted by Crippen LogP contribution is -2.24. The second-order valence-electron chi connectivity index (χ2n) is 10.0. The highest BCUT2D eigenvalue weighted by atomic mass is 31.1. The van der Waals surface area contributed by atoms with Crippen LogP contribution in [0, 0.1) is 13.8 Å². The molecule has 2 rings (SSSR count). The molecule has 0 radical (unpaired) electrons. The SMILES string of the molecule is CCCCCC(C)(Pc1ccc(C)cc1CNC)c1cc(C(C)(C)C)cc(C)c1O. The molecule has 0 aliphatic carbocycles. The van der Waals surface area contributed by atoms with Gasteiger partial charge in [-0.3, -0.25) is 0 Å². The number of benzene rings is 2. The van der Waals surface area contributed by atoms with Crippen LogP contribution in [0.2, 0.25) is 0 Å². The molecule has 2 aromatic carbocycles. The quantitative estimate of drug-likeness (QED) is 0.340. The van der Waals surface area contributed by atoms with Gasteiger partial charge in [-0.1, -0.05) is 98.4 Å². The normalized spacial score (nSPS) is 14.4. The van der Waals surface area contributed by atoms with Crippen molar-refractivity contribution in [3.8, 4) is 5.75 Å². The van der Waals surface area contributed by atoms with Crippen molar-refractivity contribution in [3.05, 3.63) is 58.1 Å². The van der Waals surface area contributed by atoms with Crippen molar-refractivity contribution in [2.24, 2.45) is 0 Å². The van der Waals surface area contributed by atoms with E-state index >= 15 is 0 Å². The molecule has 0 spiro atoms. The molecule has 0 saturated carbocycles. The number of rotatable bonds is 9. The van der Waals surface area contributed by atoms with Gasteiger partial charge in [0.15, 0.2) is 0 Å². The number of phenols is 1. The summed E-state index contributed by atoms with van der Waals surface area (Å²) in [7, 11) is 2.63. The molecule has 2 aromatic rings. The highest BCUT2D eigenvalue weighted by molar-refractivity contribution is 7.48. The molecule has 2 atom stereocenters. The standard InChI is InChI=1S/C27H42NOP/c1-9-10-11-14-27(7,30-24-13-12-19(2)15-21(24)18-28-8)23-17-22(26(4,5)6)16-20(3)25(23)29/h12-13,15-17,28-30H,9-11,14,18H2,1-8H3. The van der Waals surface area contributed by atoms with Crippen LogP contribution < -0.4 is 10.6 Å². The zero-order valence-electron chi connectivity index (χ0n) is 20.4. The van der Waals surface area contributed by atoms with Crippen molar-refractivity contribution >= 4 is 13.9 Å². The minimum atomic E-state index is -0.0803. The molecule has 0 aliphatic rings. The van der Waals surface area contributed by atoms with Crippen LogP contribution in [-0.2, 0) is 17.1 Å². The lowest BCUT2D eigenvalue weighted by molar-refractivity contribution is 0.444. The number of nitrogens with one attached hydrogen (secondary N) is 1. The first-order chi connectivity index (χ1) is 14.0. The van der Waals surface area contributed by atoms with Crippen molar-refractivity contribution in [1.82, 2.24) is 5.32 Å². The zero-order valence-corrected chi connectivity index (χ0v) is 21.4. The van der Waals surface area contributed by atoms with E-state index in [9.17, 15) is 5.11 Å². The summed E-state index contributed by atoms with van der Waals surface area (Å²) in [5.41, 5.74) is 6.15.